The van der Waals surface area contributed by atoms with Gasteiger partial charge in [-0.15, -0.1) is 0 Å². The number of fused-ring (bicyclic) bond motifs is 1. The smallest absolute Gasteiger partial charge is 0.319 e. The lowest BCUT2D eigenvalue weighted by molar-refractivity contribution is -0.131. The van der Waals surface area contributed by atoms with Crippen LogP contribution < -0.4 is 16.2 Å². The molecule has 1 aromatic heterocycles. The predicted molar refractivity (Wildman–Crippen MR) is 94.4 cm³/mol. The average Bonchev–Trinajstić information content (AvgIpc) is 2.63. The van der Waals surface area contributed by atoms with E-state index in [-0.39, 0.29) is 24.4 Å². The van der Waals surface area contributed by atoms with E-state index in [1.165, 1.54) is 12.7 Å². The number of H-pyrrole nitrogens is 1. The number of hydrogen-bond donors (Lipinski definition) is 3. The highest BCUT2D eigenvalue weighted by molar-refractivity contribution is 5.92. The molecule has 1 aliphatic rings. The highest BCUT2D eigenvalue weighted by Crippen LogP contribution is 2.13. The molecule has 25 heavy (non-hydrogen) atoms. The molecule has 0 unspecified atom stereocenters. The molecule has 8 heteroatoms. The molecule has 0 radical (unpaired) electrons. The number of aromatic amines is 1. The Balaban J connectivity index is 1.50. The summed E-state index contributed by atoms with van der Waals surface area (Å²) in [6, 6.07) is 4.50. The van der Waals surface area contributed by atoms with E-state index >= 15 is 0 Å². The molecule has 1 fully saturated rings. The molecule has 0 saturated carbocycles. The number of carbonyl (C=O) groups excluding carboxylic acids is 2. The normalized spacial score (nSPS) is 14.3. The minimum atomic E-state index is -0.411. The fourth-order valence-corrected chi connectivity index (χ4v) is 2.91. The molecule has 2 heterocycles. The van der Waals surface area contributed by atoms with Gasteiger partial charge in [0.2, 0.25) is 5.91 Å². The molecular formula is C17H21N5O3. The van der Waals surface area contributed by atoms with Crippen LogP contribution in [0.25, 0.3) is 10.9 Å². The molecule has 2 aromatic rings. The minimum absolute atomic E-state index is 0.0725. The summed E-state index contributed by atoms with van der Waals surface area (Å²) in [5.41, 5.74) is 0.786. The SMILES string of the molecule is O=C(NCCC(=O)N1CCCCC1)Nc1ccc2nc[nH]c(=O)c2c1. The zero-order chi connectivity index (χ0) is 17.6. The van der Waals surface area contributed by atoms with Crippen LogP contribution in [-0.4, -0.2) is 46.4 Å². The Labute approximate surface area is 144 Å². The number of hydrogen-bond acceptors (Lipinski definition) is 4. The largest absolute Gasteiger partial charge is 0.343 e. The molecule has 3 amide bonds. The zero-order valence-corrected chi connectivity index (χ0v) is 13.9. The van der Waals surface area contributed by atoms with E-state index < -0.39 is 6.03 Å². The van der Waals surface area contributed by atoms with Crippen LogP contribution in [0.1, 0.15) is 25.7 Å². The van der Waals surface area contributed by atoms with Gasteiger partial charge in [-0.05, 0) is 37.5 Å². The molecule has 1 aliphatic heterocycles. The van der Waals surface area contributed by atoms with Crippen LogP contribution in [0, 0.1) is 0 Å². The molecule has 1 saturated heterocycles. The molecule has 3 rings (SSSR count). The Hall–Kier alpha value is -2.90. The van der Waals surface area contributed by atoms with E-state index in [9.17, 15) is 14.4 Å². The summed E-state index contributed by atoms with van der Waals surface area (Å²) in [6.45, 7) is 1.90. The summed E-state index contributed by atoms with van der Waals surface area (Å²) < 4.78 is 0. The number of nitrogens with zero attached hydrogens (tertiary/aromatic N) is 2. The van der Waals surface area contributed by atoms with Crippen LogP contribution >= 0.6 is 0 Å². The van der Waals surface area contributed by atoms with E-state index in [1.54, 1.807) is 18.2 Å². The first-order valence-electron chi connectivity index (χ1n) is 8.43. The molecule has 1 aromatic carbocycles. The quantitative estimate of drug-likeness (QED) is 0.781. The van der Waals surface area contributed by atoms with E-state index in [2.05, 4.69) is 20.6 Å². The van der Waals surface area contributed by atoms with Gasteiger partial charge in [-0.1, -0.05) is 0 Å². The second-order valence-electron chi connectivity index (χ2n) is 6.04. The number of benzene rings is 1. The highest BCUT2D eigenvalue weighted by atomic mass is 16.2. The third-order valence-electron chi connectivity index (χ3n) is 4.23. The van der Waals surface area contributed by atoms with Crippen molar-refractivity contribution < 1.29 is 9.59 Å². The van der Waals surface area contributed by atoms with Crippen molar-refractivity contribution in [2.45, 2.75) is 25.7 Å². The van der Waals surface area contributed by atoms with Crippen molar-refractivity contribution in [1.82, 2.24) is 20.2 Å². The van der Waals surface area contributed by atoms with Gasteiger partial charge in [-0.25, -0.2) is 9.78 Å². The van der Waals surface area contributed by atoms with Crippen molar-refractivity contribution in [1.29, 1.82) is 0 Å². The van der Waals surface area contributed by atoms with Crippen molar-refractivity contribution in [2.24, 2.45) is 0 Å². The van der Waals surface area contributed by atoms with Gasteiger partial charge in [-0.2, -0.15) is 0 Å². The summed E-state index contributed by atoms with van der Waals surface area (Å²) in [7, 11) is 0. The maximum atomic E-state index is 12.0. The molecule has 0 spiro atoms. The monoisotopic (exact) mass is 343 g/mol. The average molecular weight is 343 g/mol. The molecule has 132 valence electrons. The molecule has 8 nitrogen and oxygen atoms in total. The van der Waals surface area contributed by atoms with Crippen LogP contribution in [0.15, 0.2) is 29.3 Å². The molecule has 0 bridgehead atoms. The lowest BCUT2D eigenvalue weighted by Gasteiger charge is -2.26. The van der Waals surface area contributed by atoms with Gasteiger partial charge in [0.25, 0.3) is 5.56 Å². The van der Waals surface area contributed by atoms with Gasteiger partial charge >= 0.3 is 6.03 Å². The number of aromatic nitrogens is 2. The van der Waals surface area contributed by atoms with E-state index in [0.717, 1.165) is 25.9 Å². The van der Waals surface area contributed by atoms with Crippen molar-refractivity contribution >= 4 is 28.5 Å². The lowest BCUT2D eigenvalue weighted by Crippen LogP contribution is -2.38. The molecule has 3 N–H and O–H groups in total. The first-order chi connectivity index (χ1) is 12.1. The van der Waals surface area contributed by atoms with Crippen LogP contribution in [0.4, 0.5) is 10.5 Å². The Bertz CT molecular complexity index is 826. The first kappa shape index (κ1) is 16.9. The topological polar surface area (TPSA) is 107 Å². The van der Waals surface area contributed by atoms with Gasteiger partial charge in [-0.3, -0.25) is 9.59 Å². The first-order valence-corrected chi connectivity index (χ1v) is 8.43. The second-order valence-corrected chi connectivity index (χ2v) is 6.04. The van der Waals surface area contributed by atoms with Gasteiger partial charge in [0.05, 0.1) is 17.2 Å². The molecule has 0 aliphatic carbocycles. The zero-order valence-electron chi connectivity index (χ0n) is 13.9. The number of rotatable bonds is 4. The summed E-state index contributed by atoms with van der Waals surface area (Å²) >= 11 is 0. The fraction of sp³-hybridized carbons (Fsp3) is 0.412. The van der Waals surface area contributed by atoms with Crippen molar-refractivity contribution in [3.05, 3.63) is 34.9 Å². The number of anilines is 1. The maximum absolute atomic E-state index is 12.0. The van der Waals surface area contributed by atoms with Crippen LogP contribution in [0.3, 0.4) is 0 Å². The number of likely N-dealkylation sites (tertiary alicyclic amines) is 1. The van der Waals surface area contributed by atoms with Gasteiger partial charge < -0.3 is 20.5 Å². The highest BCUT2D eigenvalue weighted by Gasteiger charge is 2.16. The third-order valence-corrected chi connectivity index (χ3v) is 4.23. The lowest BCUT2D eigenvalue weighted by atomic mass is 10.1. The summed E-state index contributed by atoms with van der Waals surface area (Å²) in [5.74, 6) is 0.0725. The fourth-order valence-electron chi connectivity index (χ4n) is 2.91. The maximum Gasteiger partial charge on any atom is 0.319 e. The summed E-state index contributed by atoms with van der Waals surface area (Å²) in [6.07, 6.45) is 4.90. The number of carbonyl (C=O) groups is 2. The number of amides is 3. The second kappa shape index (κ2) is 7.78. The third kappa shape index (κ3) is 4.34. The standard InChI is InChI=1S/C17H21N5O3/c23-15(22-8-2-1-3-9-22)6-7-18-17(25)21-12-4-5-14-13(10-12)16(24)20-11-19-14/h4-5,10-11H,1-3,6-9H2,(H2,18,21,25)(H,19,20,24). The summed E-state index contributed by atoms with van der Waals surface area (Å²) in [5, 5.41) is 5.73. The Morgan fingerprint density at radius 2 is 2.00 bits per heavy atom. The molecule has 0 atom stereocenters. The van der Waals surface area contributed by atoms with E-state index in [4.69, 9.17) is 0 Å². The van der Waals surface area contributed by atoms with Gasteiger partial charge in [0.15, 0.2) is 0 Å². The van der Waals surface area contributed by atoms with E-state index in [0.29, 0.717) is 16.6 Å². The van der Waals surface area contributed by atoms with Crippen LogP contribution in [-0.2, 0) is 4.79 Å². The Kier molecular flexibility index (Phi) is 5.27. The predicted octanol–water partition coefficient (Wildman–Crippen LogP) is 1.45. The Morgan fingerprint density at radius 3 is 2.80 bits per heavy atom. The van der Waals surface area contributed by atoms with Gasteiger partial charge in [0, 0.05) is 31.7 Å². The van der Waals surface area contributed by atoms with Crippen LogP contribution in [0.2, 0.25) is 0 Å². The Morgan fingerprint density at radius 1 is 1.20 bits per heavy atom. The van der Waals surface area contributed by atoms with E-state index in [1.807, 2.05) is 4.90 Å². The number of nitrogens with one attached hydrogen (secondary N) is 3. The van der Waals surface area contributed by atoms with Gasteiger partial charge in [0.1, 0.15) is 0 Å². The van der Waals surface area contributed by atoms with Crippen molar-refractivity contribution in [3.63, 3.8) is 0 Å². The minimum Gasteiger partial charge on any atom is -0.343 e. The van der Waals surface area contributed by atoms with Crippen LogP contribution in [0.5, 0.6) is 0 Å². The number of piperidine rings is 1. The summed E-state index contributed by atoms with van der Waals surface area (Å²) in [4.78, 5) is 44.1. The molecular weight excluding hydrogens is 322 g/mol. The van der Waals surface area contributed by atoms with Crippen molar-refractivity contribution in [2.75, 3.05) is 25.0 Å². The van der Waals surface area contributed by atoms with Crippen molar-refractivity contribution in [3.8, 4) is 0 Å². The number of urea groups is 1.